The van der Waals surface area contributed by atoms with Crippen molar-refractivity contribution in [2.45, 2.75) is 45.4 Å². The number of anilines is 1. The average Bonchev–Trinajstić information content (AvgIpc) is 3.26. The number of ether oxygens (including phenoxy) is 3. The SMILES string of the molecule is C=C(O)c1cc(NC(=O)c2cc(CNC(=O)OC(C)(C)C)ccc2Cl)ccc1OC1CCOC1. The van der Waals surface area contributed by atoms with Crippen LogP contribution >= 0.6 is 11.6 Å². The smallest absolute Gasteiger partial charge is 0.407 e. The number of aliphatic hydroxyl groups is 1. The van der Waals surface area contributed by atoms with Gasteiger partial charge in [-0.15, -0.1) is 0 Å². The summed E-state index contributed by atoms with van der Waals surface area (Å²) in [5, 5.41) is 15.7. The second-order valence-corrected chi connectivity index (χ2v) is 9.29. The Bertz CT molecular complexity index is 1070. The Labute approximate surface area is 203 Å². The van der Waals surface area contributed by atoms with E-state index in [1.54, 1.807) is 57.2 Å². The highest BCUT2D eigenvalue weighted by Gasteiger charge is 2.20. The van der Waals surface area contributed by atoms with Crippen LogP contribution in [0.25, 0.3) is 5.76 Å². The molecule has 0 bridgehead atoms. The predicted octanol–water partition coefficient (Wildman–Crippen LogP) is 5.31. The molecule has 34 heavy (non-hydrogen) atoms. The van der Waals surface area contributed by atoms with Crippen LogP contribution in [-0.4, -0.2) is 42.0 Å². The average molecular weight is 489 g/mol. The minimum Gasteiger partial charge on any atom is -0.508 e. The van der Waals surface area contributed by atoms with Crippen LogP contribution < -0.4 is 15.4 Å². The van der Waals surface area contributed by atoms with Crippen molar-refractivity contribution in [3.05, 3.63) is 64.7 Å². The molecule has 1 fully saturated rings. The first-order valence-electron chi connectivity index (χ1n) is 10.8. The van der Waals surface area contributed by atoms with Crippen LogP contribution in [0, 0.1) is 0 Å². The fourth-order valence-electron chi connectivity index (χ4n) is 3.26. The van der Waals surface area contributed by atoms with Gasteiger partial charge >= 0.3 is 6.09 Å². The maximum Gasteiger partial charge on any atom is 0.407 e. The number of halogens is 1. The predicted molar refractivity (Wildman–Crippen MR) is 130 cm³/mol. The van der Waals surface area contributed by atoms with Gasteiger partial charge in [0, 0.05) is 18.7 Å². The molecule has 1 aliphatic rings. The van der Waals surface area contributed by atoms with Crippen molar-refractivity contribution in [3.8, 4) is 5.75 Å². The lowest BCUT2D eigenvalue weighted by molar-refractivity contribution is 0.0523. The standard InChI is InChI=1S/C25H29ClN2O6/c1-15(29)19-12-17(6-8-22(19)33-18-9-10-32-14-18)28-23(30)20-11-16(5-7-21(20)26)13-27-24(31)34-25(2,3)4/h5-8,11-12,18,29H,1,9-10,13-14H2,2-4H3,(H,27,31)(H,28,30). The lowest BCUT2D eigenvalue weighted by Crippen LogP contribution is -2.32. The van der Waals surface area contributed by atoms with Gasteiger partial charge in [-0.2, -0.15) is 0 Å². The molecule has 0 aromatic heterocycles. The van der Waals surface area contributed by atoms with Gasteiger partial charge in [0.25, 0.3) is 5.91 Å². The van der Waals surface area contributed by atoms with Crippen molar-refractivity contribution in [2.75, 3.05) is 18.5 Å². The van der Waals surface area contributed by atoms with Crippen LogP contribution in [-0.2, 0) is 16.0 Å². The van der Waals surface area contributed by atoms with E-state index >= 15 is 0 Å². The number of rotatable bonds is 7. The maximum atomic E-state index is 12.9. The number of carbonyl (C=O) groups excluding carboxylic acids is 2. The van der Waals surface area contributed by atoms with Crippen molar-refractivity contribution >= 4 is 35.0 Å². The Morgan fingerprint density at radius 1 is 1.21 bits per heavy atom. The molecule has 1 atom stereocenters. The van der Waals surface area contributed by atoms with E-state index in [1.165, 1.54) is 0 Å². The van der Waals surface area contributed by atoms with Crippen LogP contribution in [0.2, 0.25) is 5.02 Å². The zero-order chi connectivity index (χ0) is 24.9. The van der Waals surface area contributed by atoms with Crippen molar-refractivity contribution in [2.24, 2.45) is 0 Å². The van der Waals surface area contributed by atoms with Crippen molar-refractivity contribution in [1.29, 1.82) is 0 Å². The number of hydrogen-bond donors (Lipinski definition) is 3. The van der Waals surface area contributed by atoms with E-state index in [4.69, 9.17) is 25.8 Å². The molecule has 0 radical (unpaired) electrons. The molecule has 1 saturated heterocycles. The second-order valence-electron chi connectivity index (χ2n) is 8.88. The van der Waals surface area contributed by atoms with Crippen LogP contribution in [0.4, 0.5) is 10.5 Å². The third-order valence-corrected chi connectivity index (χ3v) is 5.17. The summed E-state index contributed by atoms with van der Waals surface area (Å²) in [6, 6.07) is 9.80. The molecule has 1 heterocycles. The Kier molecular flexibility index (Phi) is 8.06. The lowest BCUT2D eigenvalue weighted by Gasteiger charge is -2.19. The number of alkyl carbamates (subject to hydrolysis) is 1. The highest BCUT2D eigenvalue weighted by atomic mass is 35.5. The van der Waals surface area contributed by atoms with Crippen LogP contribution in [0.15, 0.2) is 43.0 Å². The molecule has 2 amide bonds. The number of amides is 2. The normalized spacial score (nSPS) is 15.5. The maximum absolute atomic E-state index is 12.9. The van der Waals surface area contributed by atoms with Gasteiger partial charge in [0.1, 0.15) is 23.2 Å². The van der Waals surface area contributed by atoms with Gasteiger partial charge in [-0.1, -0.05) is 24.2 Å². The molecule has 0 aliphatic carbocycles. The topological polar surface area (TPSA) is 106 Å². The van der Waals surface area contributed by atoms with Crippen molar-refractivity contribution in [1.82, 2.24) is 5.32 Å². The first-order chi connectivity index (χ1) is 16.0. The zero-order valence-corrected chi connectivity index (χ0v) is 20.2. The van der Waals surface area contributed by atoms with E-state index in [1.807, 2.05) is 0 Å². The Balaban J connectivity index is 1.70. The Morgan fingerprint density at radius 3 is 2.62 bits per heavy atom. The summed E-state index contributed by atoms with van der Waals surface area (Å²) in [7, 11) is 0. The molecule has 1 unspecified atom stereocenters. The zero-order valence-electron chi connectivity index (χ0n) is 19.4. The van der Waals surface area contributed by atoms with Gasteiger partial charge in [-0.3, -0.25) is 4.79 Å². The van der Waals surface area contributed by atoms with Gasteiger partial charge in [-0.25, -0.2) is 4.79 Å². The molecular formula is C25H29ClN2O6. The summed E-state index contributed by atoms with van der Waals surface area (Å²) < 4.78 is 16.4. The van der Waals surface area contributed by atoms with E-state index in [0.29, 0.717) is 35.8 Å². The van der Waals surface area contributed by atoms with Gasteiger partial charge in [-0.05, 0) is 56.7 Å². The third kappa shape index (κ3) is 7.13. The highest BCUT2D eigenvalue weighted by molar-refractivity contribution is 6.34. The monoisotopic (exact) mass is 488 g/mol. The third-order valence-electron chi connectivity index (χ3n) is 4.84. The molecule has 1 aliphatic heterocycles. The first-order valence-corrected chi connectivity index (χ1v) is 11.2. The van der Waals surface area contributed by atoms with Crippen LogP contribution in [0.1, 0.15) is 48.7 Å². The first kappa shape index (κ1) is 25.4. The number of aliphatic hydroxyl groups excluding tert-OH is 1. The quantitative estimate of drug-likeness (QED) is 0.456. The molecule has 3 rings (SSSR count). The molecule has 0 spiro atoms. The molecule has 182 valence electrons. The minimum absolute atomic E-state index is 0.102. The molecule has 2 aromatic rings. The van der Waals surface area contributed by atoms with Gasteiger partial charge in [0.2, 0.25) is 0 Å². The molecule has 8 nitrogen and oxygen atoms in total. The van der Waals surface area contributed by atoms with Crippen molar-refractivity contribution in [3.63, 3.8) is 0 Å². The number of hydrogen-bond acceptors (Lipinski definition) is 6. The van der Waals surface area contributed by atoms with E-state index < -0.39 is 17.6 Å². The van der Waals surface area contributed by atoms with E-state index in [0.717, 1.165) is 6.42 Å². The summed E-state index contributed by atoms with van der Waals surface area (Å²) in [6.45, 7) is 10.2. The summed E-state index contributed by atoms with van der Waals surface area (Å²) >= 11 is 6.25. The Morgan fingerprint density at radius 2 is 1.97 bits per heavy atom. The minimum atomic E-state index is -0.612. The van der Waals surface area contributed by atoms with E-state index in [2.05, 4.69) is 17.2 Å². The largest absolute Gasteiger partial charge is 0.508 e. The van der Waals surface area contributed by atoms with Crippen LogP contribution in [0.3, 0.4) is 0 Å². The highest BCUT2D eigenvalue weighted by Crippen LogP contribution is 2.30. The fraction of sp³-hybridized carbons (Fsp3) is 0.360. The summed E-state index contributed by atoms with van der Waals surface area (Å²) in [5.74, 6) is -0.177. The molecule has 3 N–H and O–H groups in total. The Hall–Kier alpha value is -3.23. The van der Waals surface area contributed by atoms with E-state index in [-0.39, 0.29) is 29.0 Å². The van der Waals surface area contributed by atoms with Crippen LogP contribution in [0.5, 0.6) is 5.75 Å². The van der Waals surface area contributed by atoms with Gasteiger partial charge < -0.3 is 30.0 Å². The fourth-order valence-corrected chi connectivity index (χ4v) is 3.47. The van der Waals surface area contributed by atoms with Gasteiger partial charge in [0.05, 0.1) is 29.4 Å². The second kappa shape index (κ2) is 10.8. The summed E-state index contributed by atoms with van der Waals surface area (Å²) in [6.07, 6.45) is 0.0963. The van der Waals surface area contributed by atoms with E-state index in [9.17, 15) is 14.7 Å². The molecular weight excluding hydrogens is 460 g/mol. The van der Waals surface area contributed by atoms with Gasteiger partial charge in [0.15, 0.2) is 0 Å². The molecule has 0 saturated carbocycles. The number of nitrogens with one attached hydrogen (secondary N) is 2. The van der Waals surface area contributed by atoms with Crippen molar-refractivity contribution < 1.29 is 28.9 Å². The number of carbonyl (C=O) groups is 2. The lowest BCUT2D eigenvalue weighted by atomic mass is 10.1. The molecule has 9 heteroatoms. The number of benzene rings is 2. The summed E-state index contributed by atoms with van der Waals surface area (Å²) in [5.41, 5.74) is 1.09. The summed E-state index contributed by atoms with van der Waals surface area (Å²) in [4.78, 5) is 24.8. The molecule has 2 aromatic carbocycles.